The van der Waals surface area contributed by atoms with E-state index in [2.05, 4.69) is 4.74 Å². The molecule has 0 amide bonds. The van der Waals surface area contributed by atoms with Crippen LogP contribution in [0.4, 0.5) is 0 Å². The first kappa shape index (κ1) is 14.7. The van der Waals surface area contributed by atoms with Crippen molar-refractivity contribution in [3.8, 4) is 0 Å². The summed E-state index contributed by atoms with van der Waals surface area (Å²) in [6.07, 6.45) is 0. The van der Waals surface area contributed by atoms with Crippen LogP contribution in [-0.2, 0) is 14.9 Å². The monoisotopic (exact) mass is 390 g/mol. The van der Waals surface area contributed by atoms with Gasteiger partial charge in [0.25, 0.3) is 10.1 Å². The SMILES string of the molecule is O=C(OCCS(=O)(=O)O)c1ccc(I)cc1Cl. The van der Waals surface area contributed by atoms with Gasteiger partial charge in [-0.1, -0.05) is 11.6 Å². The summed E-state index contributed by atoms with van der Waals surface area (Å²) in [6, 6.07) is 4.74. The Hall–Kier alpha value is -0.380. The van der Waals surface area contributed by atoms with Crippen molar-refractivity contribution in [2.45, 2.75) is 0 Å². The molecule has 0 unspecified atom stereocenters. The molecule has 5 nitrogen and oxygen atoms in total. The summed E-state index contributed by atoms with van der Waals surface area (Å²) in [7, 11) is -4.13. The first-order valence-corrected chi connectivity index (χ1v) is 7.43. The van der Waals surface area contributed by atoms with Gasteiger partial charge in [-0.05, 0) is 40.8 Å². The third-order valence-electron chi connectivity index (χ3n) is 1.73. The van der Waals surface area contributed by atoms with Crippen LogP contribution in [0.3, 0.4) is 0 Å². The number of hydrogen-bond acceptors (Lipinski definition) is 4. The van der Waals surface area contributed by atoms with Crippen molar-refractivity contribution in [2.24, 2.45) is 0 Å². The zero-order valence-corrected chi connectivity index (χ0v) is 12.1. The summed E-state index contributed by atoms with van der Waals surface area (Å²) in [5.41, 5.74) is 0.155. The average molecular weight is 391 g/mol. The Bertz CT molecular complexity index is 528. The number of ether oxygens (including phenoxy) is 1. The minimum atomic E-state index is -4.13. The highest BCUT2D eigenvalue weighted by atomic mass is 127. The predicted octanol–water partition coefficient (Wildman–Crippen LogP) is 1.99. The number of rotatable bonds is 4. The largest absolute Gasteiger partial charge is 0.461 e. The van der Waals surface area contributed by atoms with E-state index < -0.39 is 28.4 Å². The molecule has 0 aromatic heterocycles. The van der Waals surface area contributed by atoms with E-state index >= 15 is 0 Å². The number of halogens is 2. The fourth-order valence-corrected chi connectivity index (χ4v) is 2.20. The molecule has 0 atom stereocenters. The maximum Gasteiger partial charge on any atom is 0.339 e. The molecule has 0 aliphatic rings. The molecule has 1 aromatic carbocycles. The van der Waals surface area contributed by atoms with Crippen molar-refractivity contribution < 1.29 is 22.5 Å². The Labute approximate surface area is 117 Å². The number of benzene rings is 1. The number of carbonyl (C=O) groups excluding carboxylic acids is 1. The van der Waals surface area contributed by atoms with Gasteiger partial charge in [-0.3, -0.25) is 4.55 Å². The van der Waals surface area contributed by atoms with Crippen LogP contribution in [0, 0.1) is 3.57 Å². The summed E-state index contributed by atoms with van der Waals surface area (Å²) in [5.74, 6) is -1.36. The van der Waals surface area contributed by atoms with Crippen molar-refractivity contribution in [3.05, 3.63) is 32.4 Å². The van der Waals surface area contributed by atoms with Crippen LogP contribution >= 0.6 is 34.2 Å². The molecule has 17 heavy (non-hydrogen) atoms. The molecule has 0 saturated heterocycles. The van der Waals surface area contributed by atoms with E-state index in [-0.39, 0.29) is 10.6 Å². The maximum atomic E-state index is 11.5. The van der Waals surface area contributed by atoms with E-state index in [1.807, 2.05) is 22.6 Å². The van der Waals surface area contributed by atoms with Gasteiger partial charge in [0.2, 0.25) is 0 Å². The molecule has 1 rings (SSSR count). The van der Waals surface area contributed by atoms with Gasteiger partial charge in [-0.2, -0.15) is 8.42 Å². The lowest BCUT2D eigenvalue weighted by Crippen LogP contribution is -2.15. The number of esters is 1. The molecule has 0 aliphatic carbocycles. The molecular weight excluding hydrogens is 383 g/mol. The Kier molecular flexibility index (Phi) is 5.17. The van der Waals surface area contributed by atoms with Crippen LogP contribution in [-0.4, -0.2) is 31.3 Å². The van der Waals surface area contributed by atoms with Gasteiger partial charge >= 0.3 is 5.97 Å². The Balaban J connectivity index is 2.65. The minimum Gasteiger partial charge on any atom is -0.461 e. The van der Waals surface area contributed by atoms with Crippen molar-refractivity contribution in [2.75, 3.05) is 12.4 Å². The van der Waals surface area contributed by atoms with Gasteiger partial charge in [-0.25, -0.2) is 4.79 Å². The molecule has 8 heteroatoms. The van der Waals surface area contributed by atoms with E-state index in [1.165, 1.54) is 6.07 Å². The third kappa shape index (κ3) is 5.19. The van der Waals surface area contributed by atoms with Gasteiger partial charge in [0, 0.05) is 3.57 Å². The molecule has 1 aromatic rings. The van der Waals surface area contributed by atoms with Gasteiger partial charge in [0.05, 0.1) is 10.6 Å². The fourth-order valence-electron chi connectivity index (χ4n) is 0.972. The maximum absolute atomic E-state index is 11.5. The lowest BCUT2D eigenvalue weighted by atomic mass is 10.2. The summed E-state index contributed by atoms with van der Waals surface area (Å²) >= 11 is 7.86. The van der Waals surface area contributed by atoms with Crippen LogP contribution in [0.2, 0.25) is 5.02 Å². The Morgan fingerprint density at radius 3 is 2.65 bits per heavy atom. The second kappa shape index (κ2) is 5.98. The van der Waals surface area contributed by atoms with E-state index in [0.29, 0.717) is 0 Å². The van der Waals surface area contributed by atoms with Crippen LogP contribution in [0.25, 0.3) is 0 Å². The first-order chi connectivity index (χ1) is 7.79. The summed E-state index contributed by atoms with van der Waals surface area (Å²) < 4.78 is 34.8. The fraction of sp³-hybridized carbons (Fsp3) is 0.222. The Morgan fingerprint density at radius 1 is 1.47 bits per heavy atom. The standard InChI is InChI=1S/C9H8ClIO5S/c10-8-5-6(11)1-2-7(8)9(12)16-3-4-17(13,14)15/h1-2,5H,3-4H2,(H,13,14,15). The number of carbonyl (C=O) groups is 1. The van der Waals surface area contributed by atoms with Crippen LogP contribution in [0.1, 0.15) is 10.4 Å². The van der Waals surface area contributed by atoms with Crippen molar-refractivity contribution in [1.82, 2.24) is 0 Å². The van der Waals surface area contributed by atoms with E-state index in [0.717, 1.165) is 3.57 Å². The lowest BCUT2D eigenvalue weighted by Gasteiger charge is -2.05. The molecule has 0 saturated carbocycles. The minimum absolute atomic E-state index is 0.155. The molecule has 0 aliphatic heterocycles. The number of hydrogen-bond donors (Lipinski definition) is 1. The van der Waals surface area contributed by atoms with Crippen LogP contribution in [0.15, 0.2) is 18.2 Å². The highest BCUT2D eigenvalue weighted by Gasteiger charge is 2.13. The van der Waals surface area contributed by atoms with Crippen molar-refractivity contribution in [3.63, 3.8) is 0 Å². The van der Waals surface area contributed by atoms with E-state index in [4.69, 9.17) is 16.2 Å². The second-order valence-corrected chi connectivity index (χ2v) is 6.27. The zero-order valence-electron chi connectivity index (χ0n) is 8.39. The molecular formula is C9H8ClIO5S. The van der Waals surface area contributed by atoms with Gasteiger partial charge in [0.1, 0.15) is 12.4 Å². The quantitative estimate of drug-likeness (QED) is 0.483. The first-order valence-electron chi connectivity index (χ1n) is 4.37. The molecule has 0 spiro atoms. The molecule has 0 fully saturated rings. The second-order valence-electron chi connectivity index (χ2n) is 3.05. The van der Waals surface area contributed by atoms with Crippen molar-refractivity contribution >= 4 is 50.3 Å². The smallest absolute Gasteiger partial charge is 0.339 e. The average Bonchev–Trinajstić information content (AvgIpc) is 2.15. The summed E-state index contributed by atoms with van der Waals surface area (Å²) in [5, 5.41) is 0.230. The third-order valence-corrected chi connectivity index (χ3v) is 3.39. The topological polar surface area (TPSA) is 80.7 Å². The molecule has 94 valence electrons. The molecule has 0 heterocycles. The van der Waals surface area contributed by atoms with Crippen LogP contribution in [0.5, 0.6) is 0 Å². The zero-order chi connectivity index (χ0) is 13.1. The predicted molar refractivity (Wildman–Crippen MR) is 70.9 cm³/mol. The normalized spacial score (nSPS) is 11.2. The van der Waals surface area contributed by atoms with Crippen molar-refractivity contribution in [1.29, 1.82) is 0 Å². The lowest BCUT2D eigenvalue weighted by molar-refractivity contribution is 0.0528. The highest BCUT2D eigenvalue weighted by molar-refractivity contribution is 14.1. The van der Waals surface area contributed by atoms with Gasteiger partial charge in [0.15, 0.2) is 0 Å². The van der Waals surface area contributed by atoms with E-state index in [1.54, 1.807) is 12.1 Å². The summed E-state index contributed by atoms with van der Waals surface area (Å²) in [4.78, 5) is 11.5. The summed E-state index contributed by atoms with van der Waals surface area (Å²) in [6.45, 7) is -0.417. The van der Waals surface area contributed by atoms with Gasteiger partial charge in [-0.15, -0.1) is 0 Å². The highest BCUT2D eigenvalue weighted by Crippen LogP contribution is 2.19. The van der Waals surface area contributed by atoms with Gasteiger partial charge < -0.3 is 4.74 Å². The molecule has 0 radical (unpaired) electrons. The van der Waals surface area contributed by atoms with E-state index in [9.17, 15) is 13.2 Å². The molecule has 1 N–H and O–H groups in total. The van der Waals surface area contributed by atoms with Crippen LogP contribution < -0.4 is 0 Å². The Morgan fingerprint density at radius 2 is 2.12 bits per heavy atom. The molecule has 0 bridgehead atoms.